The minimum absolute atomic E-state index is 0.180. The van der Waals surface area contributed by atoms with Crippen LogP contribution >= 0.6 is 0 Å². The summed E-state index contributed by atoms with van der Waals surface area (Å²) >= 11 is 0. The Morgan fingerprint density at radius 2 is 1.86 bits per heavy atom. The fraction of sp³-hybridized carbons (Fsp3) is 0.125. The number of nitrogens with one attached hydrogen (secondary N) is 2. The topological polar surface area (TPSA) is 143 Å². The van der Waals surface area contributed by atoms with Crippen LogP contribution < -0.4 is 5.73 Å². The molecule has 0 saturated heterocycles. The van der Waals surface area contributed by atoms with E-state index in [-0.39, 0.29) is 22.8 Å². The molecule has 0 aliphatic carbocycles. The van der Waals surface area contributed by atoms with Gasteiger partial charge < -0.3 is 5.73 Å². The maximum absolute atomic E-state index is 13.6. The Morgan fingerprint density at radius 1 is 1.10 bits per heavy atom. The van der Waals surface area contributed by atoms with Gasteiger partial charge in [-0.3, -0.25) is 5.10 Å². The third kappa shape index (κ3) is 3.18. The van der Waals surface area contributed by atoms with Gasteiger partial charge in [-0.15, -0.1) is 5.10 Å². The summed E-state index contributed by atoms with van der Waals surface area (Å²) in [4.78, 5) is -0.915. The zero-order valence-corrected chi connectivity index (χ0v) is 15.4. The number of H-pyrrole nitrogens is 2. The normalized spacial score (nSPS) is 12.6. The molecule has 0 unspecified atom stereocenters. The Balaban J connectivity index is 2.13. The number of aromatic nitrogens is 6. The quantitative estimate of drug-likeness (QED) is 0.459. The number of rotatable bonds is 3. The molecule has 29 heavy (non-hydrogen) atoms. The van der Waals surface area contributed by atoms with Crippen molar-refractivity contribution in [2.45, 2.75) is 11.1 Å². The molecule has 4 rings (SSSR count). The van der Waals surface area contributed by atoms with Gasteiger partial charge >= 0.3 is 6.18 Å². The number of sulfone groups is 1. The van der Waals surface area contributed by atoms with Crippen LogP contribution in [0, 0.1) is 0 Å². The van der Waals surface area contributed by atoms with Crippen molar-refractivity contribution < 1.29 is 21.6 Å². The van der Waals surface area contributed by atoms with Crippen molar-refractivity contribution in [2.75, 3.05) is 12.0 Å². The predicted octanol–water partition coefficient (Wildman–Crippen LogP) is 2.41. The molecule has 0 bridgehead atoms. The molecule has 2 heterocycles. The van der Waals surface area contributed by atoms with Crippen LogP contribution in [-0.2, 0) is 16.0 Å². The summed E-state index contributed by atoms with van der Waals surface area (Å²) in [6, 6.07) is 6.72. The van der Waals surface area contributed by atoms with Gasteiger partial charge in [-0.05, 0) is 39.8 Å². The molecule has 0 fully saturated rings. The molecule has 2 aromatic heterocycles. The van der Waals surface area contributed by atoms with Gasteiger partial charge in [0.25, 0.3) is 0 Å². The SMILES string of the molecule is CS(=O)(=O)c1c(C(F)(F)F)ccc(-c2ccc3[nH]nc(N)c3c2)c1-c1nnn[nH]1. The standard InChI is InChI=1S/C16H12F3N7O2S/c1-29(27,28)13-10(16(17,18)19)4-3-8(12(13)15-23-25-26-24-15)7-2-5-11-9(6-7)14(20)22-21-11/h2-6H,1H3,(H3,20,21,22)(H,23,24,25,26). The van der Waals surface area contributed by atoms with E-state index in [1.807, 2.05) is 0 Å². The number of halogens is 3. The molecule has 0 radical (unpaired) electrons. The van der Waals surface area contributed by atoms with Crippen LogP contribution in [0.25, 0.3) is 33.4 Å². The third-order valence-corrected chi connectivity index (χ3v) is 5.48. The molecule has 0 aliphatic rings. The molecule has 0 saturated carbocycles. The lowest BCUT2D eigenvalue weighted by molar-refractivity contribution is -0.139. The van der Waals surface area contributed by atoms with Crippen molar-refractivity contribution in [1.82, 2.24) is 30.8 Å². The lowest BCUT2D eigenvalue weighted by atomic mass is 9.95. The van der Waals surface area contributed by atoms with E-state index in [0.29, 0.717) is 22.7 Å². The van der Waals surface area contributed by atoms with E-state index >= 15 is 0 Å². The van der Waals surface area contributed by atoms with E-state index in [4.69, 9.17) is 5.73 Å². The highest BCUT2D eigenvalue weighted by Crippen LogP contribution is 2.43. The molecular formula is C16H12F3N7O2S. The minimum atomic E-state index is -4.90. The smallest absolute Gasteiger partial charge is 0.382 e. The Bertz CT molecular complexity index is 1330. The summed E-state index contributed by atoms with van der Waals surface area (Å²) in [5.41, 5.74) is 5.43. The number of fused-ring (bicyclic) bond motifs is 1. The first-order valence-electron chi connectivity index (χ1n) is 7.99. The van der Waals surface area contributed by atoms with E-state index in [2.05, 4.69) is 30.8 Å². The Morgan fingerprint density at radius 3 is 2.48 bits per heavy atom. The van der Waals surface area contributed by atoms with Crippen LogP contribution in [0.3, 0.4) is 0 Å². The molecule has 0 spiro atoms. The summed E-state index contributed by atoms with van der Waals surface area (Å²) in [5.74, 6) is -0.0215. The van der Waals surface area contributed by atoms with Gasteiger partial charge in [-0.1, -0.05) is 12.1 Å². The first-order chi connectivity index (χ1) is 13.6. The van der Waals surface area contributed by atoms with E-state index in [1.165, 1.54) is 6.07 Å². The number of hydrogen-bond acceptors (Lipinski definition) is 7. The number of hydrogen-bond donors (Lipinski definition) is 3. The van der Waals surface area contributed by atoms with Crippen molar-refractivity contribution in [3.8, 4) is 22.5 Å². The van der Waals surface area contributed by atoms with Crippen LogP contribution in [0.1, 0.15) is 5.56 Å². The van der Waals surface area contributed by atoms with Gasteiger partial charge in [-0.25, -0.2) is 13.5 Å². The zero-order chi connectivity index (χ0) is 21.0. The lowest BCUT2D eigenvalue weighted by Gasteiger charge is -2.18. The van der Waals surface area contributed by atoms with Gasteiger partial charge in [0.05, 0.1) is 16.0 Å². The van der Waals surface area contributed by atoms with Crippen LogP contribution in [-0.4, -0.2) is 45.5 Å². The minimum Gasteiger partial charge on any atom is -0.382 e. The van der Waals surface area contributed by atoms with Crippen LogP contribution in [0.15, 0.2) is 35.2 Å². The summed E-state index contributed by atoms with van der Waals surface area (Å²) in [5, 5.41) is 19.9. The third-order valence-electron chi connectivity index (χ3n) is 4.32. The summed E-state index contributed by atoms with van der Waals surface area (Å²) in [6.45, 7) is 0. The van der Waals surface area contributed by atoms with Gasteiger partial charge in [0.15, 0.2) is 21.5 Å². The van der Waals surface area contributed by atoms with Crippen molar-refractivity contribution in [3.05, 3.63) is 35.9 Å². The van der Waals surface area contributed by atoms with E-state index in [1.54, 1.807) is 18.2 Å². The molecule has 9 nitrogen and oxygen atoms in total. The van der Waals surface area contributed by atoms with E-state index < -0.39 is 26.5 Å². The lowest BCUT2D eigenvalue weighted by Crippen LogP contribution is -2.15. The first kappa shape index (κ1) is 18.9. The number of anilines is 1. The molecule has 4 N–H and O–H groups in total. The van der Waals surface area contributed by atoms with Crippen molar-refractivity contribution in [3.63, 3.8) is 0 Å². The molecule has 0 atom stereocenters. The van der Waals surface area contributed by atoms with E-state index in [9.17, 15) is 21.6 Å². The highest BCUT2D eigenvalue weighted by molar-refractivity contribution is 7.91. The average Bonchev–Trinajstić information content (AvgIpc) is 3.29. The first-order valence-corrected chi connectivity index (χ1v) is 9.89. The van der Waals surface area contributed by atoms with Crippen molar-refractivity contribution in [1.29, 1.82) is 0 Å². The second-order valence-electron chi connectivity index (χ2n) is 6.25. The second kappa shape index (κ2) is 6.27. The number of nitrogens with zero attached hydrogens (tertiary/aromatic N) is 4. The Kier molecular flexibility index (Phi) is 4.08. The monoisotopic (exact) mass is 423 g/mol. The molecular weight excluding hydrogens is 411 g/mol. The van der Waals surface area contributed by atoms with Crippen LogP contribution in [0.5, 0.6) is 0 Å². The fourth-order valence-electron chi connectivity index (χ4n) is 3.13. The Hall–Kier alpha value is -3.48. The summed E-state index contributed by atoms with van der Waals surface area (Å²) in [6.07, 6.45) is -4.20. The maximum atomic E-state index is 13.6. The summed E-state index contributed by atoms with van der Waals surface area (Å²) < 4.78 is 65.6. The molecule has 4 aromatic rings. The number of aromatic amines is 2. The van der Waals surface area contributed by atoms with Crippen molar-refractivity contribution >= 4 is 26.6 Å². The number of benzene rings is 2. The number of nitrogen functional groups attached to an aromatic ring is 1. The van der Waals surface area contributed by atoms with Gasteiger partial charge in [0.2, 0.25) is 0 Å². The molecule has 13 heteroatoms. The van der Waals surface area contributed by atoms with Gasteiger partial charge in [-0.2, -0.15) is 18.3 Å². The summed E-state index contributed by atoms with van der Waals surface area (Å²) in [7, 11) is -4.32. The number of alkyl halides is 3. The molecule has 0 amide bonds. The van der Waals surface area contributed by atoms with Crippen LogP contribution in [0.2, 0.25) is 0 Å². The highest BCUT2D eigenvalue weighted by atomic mass is 32.2. The second-order valence-corrected chi connectivity index (χ2v) is 8.21. The molecule has 0 aliphatic heterocycles. The van der Waals surface area contributed by atoms with E-state index in [0.717, 1.165) is 6.07 Å². The predicted molar refractivity (Wildman–Crippen MR) is 97.2 cm³/mol. The highest BCUT2D eigenvalue weighted by Gasteiger charge is 2.39. The van der Waals surface area contributed by atoms with Gasteiger partial charge in [0.1, 0.15) is 0 Å². The molecule has 150 valence electrons. The Labute approximate surface area is 161 Å². The number of nitrogens with two attached hydrogens (primary N) is 1. The van der Waals surface area contributed by atoms with Crippen LogP contribution in [0.4, 0.5) is 19.0 Å². The van der Waals surface area contributed by atoms with Crippen molar-refractivity contribution in [2.24, 2.45) is 0 Å². The average molecular weight is 423 g/mol. The largest absolute Gasteiger partial charge is 0.417 e. The number of tetrazole rings is 1. The van der Waals surface area contributed by atoms with Gasteiger partial charge in [0, 0.05) is 17.2 Å². The fourth-order valence-corrected chi connectivity index (χ4v) is 4.29. The zero-order valence-electron chi connectivity index (χ0n) is 14.6. The molecule has 2 aromatic carbocycles. The maximum Gasteiger partial charge on any atom is 0.417 e.